The molecule has 1 amide bonds. The molecule has 2 N–H and O–H groups in total. The fraction of sp³-hybridized carbons (Fsp3) is 0.909. The number of aliphatic hydroxyl groups is 1. The molecule has 0 aromatic heterocycles. The van der Waals surface area contributed by atoms with Crippen molar-refractivity contribution < 1.29 is 14.6 Å². The first-order valence-electron chi connectivity index (χ1n) is 5.68. The molecular weight excluding hydrogens is 194 g/mol. The molecule has 1 fully saturated rings. The standard InChI is InChI=1S/C11H21NO3/c1-8(13)4-3-6-12-11(14)10-5-7-15-9(10)2/h8-10,13H,3-7H2,1-2H3,(H,12,14). The van der Waals surface area contributed by atoms with Crippen LogP contribution in [-0.2, 0) is 9.53 Å². The molecule has 0 bridgehead atoms. The Kier molecular flexibility index (Phi) is 5.05. The van der Waals surface area contributed by atoms with Crippen LogP contribution in [0.1, 0.15) is 33.1 Å². The minimum atomic E-state index is -0.282. The van der Waals surface area contributed by atoms with Crippen LogP contribution in [0, 0.1) is 5.92 Å². The van der Waals surface area contributed by atoms with Crippen molar-refractivity contribution in [2.45, 2.75) is 45.3 Å². The fourth-order valence-corrected chi connectivity index (χ4v) is 1.82. The van der Waals surface area contributed by atoms with Crippen LogP contribution in [0.15, 0.2) is 0 Å². The van der Waals surface area contributed by atoms with Crippen LogP contribution in [0.2, 0.25) is 0 Å². The van der Waals surface area contributed by atoms with Gasteiger partial charge in [0.1, 0.15) is 0 Å². The molecule has 1 saturated heterocycles. The lowest BCUT2D eigenvalue weighted by Crippen LogP contribution is -2.34. The summed E-state index contributed by atoms with van der Waals surface area (Å²) in [7, 11) is 0. The Labute approximate surface area is 91.0 Å². The molecule has 0 aliphatic carbocycles. The maximum absolute atomic E-state index is 11.6. The smallest absolute Gasteiger partial charge is 0.225 e. The summed E-state index contributed by atoms with van der Waals surface area (Å²) >= 11 is 0. The topological polar surface area (TPSA) is 58.6 Å². The van der Waals surface area contributed by atoms with Gasteiger partial charge in [0.15, 0.2) is 0 Å². The number of amides is 1. The van der Waals surface area contributed by atoms with Gasteiger partial charge in [-0.15, -0.1) is 0 Å². The minimum Gasteiger partial charge on any atom is -0.393 e. The molecule has 1 aliphatic rings. The predicted octanol–water partition coefficient (Wildman–Crippen LogP) is 0.689. The van der Waals surface area contributed by atoms with E-state index in [1.165, 1.54) is 0 Å². The van der Waals surface area contributed by atoms with Gasteiger partial charge < -0.3 is 15.2 Å². The summed E-state index contributed by atoms with van der Waals surface area (Å²) in [6.45, 7) is 5.03. The molecule has 0 spiro atoms. The molecule has 0 aromatic carbocycles. The Hall–Kier alpha value is -0.610. The molecule has 15 heavy (non-hydrogen) atoms. The highest BCUT2D eigenvalue weighted by molar-refractivity contribution is 5.79. The maximum atomic E-state index is 11.6. The number of nitrogens with one attached hydrogen (secondary N) is 1. The van der Waals surface area contributed by atoms with E-state index in [-0.39, 0.29) is 24.0 Å². The van der Waals surface area contributed by atoms with Crippen molar-refractivity contribution in [3.8, 4) is 0 Å². The van der Waals surface area contributed by atoms with E-state index in [0.717, 1.165) is 19.3 Å². The van der Waals surface area contributed by atoms with Crippen LogP contribution in [0.4, 0.5) is 0 Å². The fourth-order valence-electron chi connectivity index (χ4n) is 1.82. The van der Waals surface area contributed by atoms with Crippen LogP contribution in [0.5, 0.6) is 0 Å². The Morgan fingerprint density at radius 3 is 2.93 bits per heavy atom. The number of carbonyl (C=O) groups excluding carboxylic acids is 1. The van der Waals surface area contributed by atoms with Crippen LogP contribution in [-0.4, -0.2) is 36.4 Å². The molecule has 1 heterocycles. The highest BCUT2D eigenvalue weighted by Crippen LogP contribution is 2.20. The molecule has 3 atom stereocenters. The van der Waals surface area contributed by atoms with E-state index in [9.17, 15) is 4.79 Å². The van der Waals surface area contributed by atoms with Gasteiger partial charge in [0.2, 0.25) is 5.91 Å². The summed E-state index contributed by atoms with van der Waals surface area (Å²) in [6, 6.07) is 0. The Morgan fingerprint density at radius 2 is 2.40 bits per heavy atom. The van der Waals surface area contributed by atoms with Gasteiger partial charge in [0, 0.05) is 13.2 Å². The van der Waals surface area contributed by atoms with Crippen LogP contribution in [0.25, 0.3) is 0 Å². The van der Waals surface area contributed by atoms with Crippen LogP contribution >= 0.6 is 0 Å². The van der Waals surface area contributed by atoms with E-state index >= 15 is 0 Å². The first-order chi connectivity index (χ1) is 7.11. The Morgan fingerprint density at radius 1 is 1.67 bits per heavy atom. The molecule has 4 heteroatoms. The van der Waals surface area contributed by atoms with E-state index in [2.05, 4.69) is 5.32 Å². The predicted molar refractivity (Wildman–Crippen MR) is 57.4 cm³/mol. The lowest BCUT2D eigenvalue weighted by atomic mass is 10.0. The molecule has 3 unspecified atom stereocenters. The SMILES string of the molecule is CC(O)CCCNC(=O)C1CCOC1C. The number of hydrogen-bond donors (Lipinski definition) is 2. The zero-order valence-corrected chi connectivity index (χ0v) is 9.53. The number of ether oxygens (including phenoxy) is 1. The van der Waals surface area contributed by atoms with Crippen LogP contribution < -0.4 is 5.32 Å². The lowest BCUT2D eigenvalue weighted by Gasteiger charge is -2.14. The zero-order chi connectivity index (χ0) is 11.3. The van der Waals surface area contributed by atoms with Crippen molar-refractivity contribution in [2.24, 2.45) is 5.92 Å². The summed E-state index contributed by atoms with van der Waals surface area (Å²) in [5, 5.41) is 11.9. The van der Waals surface area contributed by atoms with Crippen molar-refractivity contribution in [1.29, 1.82) is 0 Å². The molecular formula is C11H21NO3. The number of carbonyl (C=O) groups is 1. The summed E-state index contributed by atoms with van der Waals surface area (Å²) in [6.07, 6.45) is 2.14. The minimum absolute atomic E-state index is 0.0107. The van der Waals surface area contributed by atoms with Gasteiger partial charge in [-0.1, -0.05) is 0 Å². The lowest BCUT2D eigenvalue weighted by molar-refractivity contribution is -0.126. The maximum Gasteiger partial charge on any atom is 0.225 e. The second-order valence-electron chi connectivity index (χ2n) is 4.25. The van der Waals surface area contributed by atoms with Gasteiger partial charge in [0.25, 0.3) is 0 Å². The van der Waals surface area contributed by atoms with E-state index in [4.69, 9.17) is 9.84 Å². The largest absolute Gasteiger partial charge is 0.393 e. The summed E-state index contributed by atoms with van der Waals surface area (Å²) in [4.78, 5) is 11.6. The van der Waals surface area contributed by atoms with Gasteiger partial charge >= 0.3 is 0 Å². The van der Waals surface area contributed by atoms with Crippen molar-refractivity contribution in [1.82, 2.24) is 5.32 Å². The van der Waals surface area contributed by atoms with E-state index in [1.54, 1.807) is 6.92 Å². The highest BCUT2D eigenvalue weighted by Gasteiger charge is 2.30. The van der Waals surface area contributed by atoms with Gasteiger partial charge in [-0.3, -0.25) is 4.79 Å². The highest BCUT2D eigenvalue weighted by atomic mass is 16.5. The third-order valence-corrected chi connectivity index (χ3v) is 2.81. The second-order valence-corrected chi connectivity index (χ2v) is 4.25. The average Bonchev–Trinajstić information content (AvgIpc) is 2.58. The van der Waals surface area contributed by atoms with E-state index < -0.39 is 0 Å². The molecule has 0 aromatic rings. The summed E-state index contributed by atoms with van der Waals surface area (Å²) < 4.78 is 5.33. The van der Waals surface area contributed by atoms with Gasteiger partial charge in [-0.2, -0.15) is 0 Å². The summed E-state index contributed by atoms with van der Waals surface area (Å²) in [5.74, 6) is 0.0992. The van der Waals surface area contributed by atoms with E-state index in [1.807, 2.05) is 6.92 Å². The van der Waals surface area contributed by atoms with Gasteiger partial charge in [0.05, 0.1) is 18.1 Å². The Bertz CT molecular complexity index is 206. The third kappa shape index (κ3) is 4.18. The molecule has 1 aliphatic heterocycles. The van der Waals surface area contributed by atoms with Crippen molar-refractivity contribution in [3.05, 3.63) is 0 Å². The molecule has 4 nitrogen and oxygen atoms in total. The van der Waals surface area contributed by atoms with Gasteiger partial charge in [-0.25, -0.2) is 0 Å². The van der Waals surface area contributed by atoms with Crippen molar-refractivity contribution in [3.63, 3.8) is 0 Å². The van der Waals surface area contributed by atoms with Crippen LogP contribution in [0.3, 0.4) is 0 Å². The number of hydrogen-bond acceptors (Lipinski definition) is 3. The molecule has 1 rings (SSSR count). The molecule has 0 radical (unpaired) electrons. The quantitative estimate of drug-likeness (QED) is 0.663. The molecule has 0 saturated carbocycles. The normalized spacial score (nSPS) is 27.7. The van der Waals surface area contributed by atoms with Crippen molar-refractivity contribution >= 4 is 5.91 Å². The first-order valence-corrected chi connectivity index (χ1v) is 5.68. The zero-order valence-electron chi connectivity index (χ0n) is 9.53. The van der Waals surface area contributed by atoms with E-state index in [0.29, 0.717) is 13.2 Å². The average molecular weight is 215 g/mol. The second kappa shape index (κ2) is 6.08. The summed E-state index contributed by atoms with van der Waals surface area (Å²) in [5.41, 5.74) is 0. The van der Waals surface area contributed by atoms with Crippen molar-refractivity contribution in [2.75, 3.05) is 13.2 Å². The molecule has 88 valence electrons. The number of rotatable bonds is 5. The first kappa shape index (κ1) is 12.5. The van der Waals surface area contributed by atoms with Gasteiger partial charge in [-0.05, 0) is 33.1 Å². The Balaban J connectivity index is 2.13. The monoisotopic (exact) mass is 215 g/mol. The number of aliphatic hydroxyl groups excluding tert-OH is 1. The third-order valence-electron chi connectivity index (χ3n) is 2.81.